The number of benzene rings is 1. The van der Waals surface area contributed by atoms with Crippen LogP contribution in [0.2, 0.25) is 0 Å². The van der Waals surface area contributed by atoms with Crippen molar-refractivity contribution in [1.82, 2.24) is 0 Å². The molecule has 0 bridgehead atoms. The monoisotopic (exact) mass is 257 g/mol. The summed E-state index contributed by atoms with van der Waals surface area (Å²) in [5.74, 6) is -0.0141. The smallest absolute Gasteiger partial charge is 0.133 e. The van der Waals surface area contributed by atoms with Gasteiger partial charge in [0.05, 0.1) is 0 Å². The predicted molar refractivity (Wildman–Crippen MR) is 68.1 cm³/mol. The molecule has 1 aromatic rings. The Balaban J connectivity index is 2.43. The van der Waals surface area contributed by atoms with Gasteiger partial charge in [-0.1, -0.05) is 6.07 Å². The fraction of sp³-hybridized carbons (Fsp3) is 0.538. The molecule has 0 aliphatic carbocycles. The lowest BCUT2D eigenvalue weighted by molar-refractivity contribution is 0.450. The first-order valence-corrected chi connectivity index (χ1v) is 6.78. The molecule has 0 spiro atoms. The Bertz CT molecular complexity index is 428. The number of thioether (sulfide) groups is 1. The summed E-state index contributed by atoms with van der Waals surface area (Å²) in [7, 11) is 0. The van der Waals surface area contributed by atoms with Gasteiger partial charge in [0.1, 0.15) is 11.6 Å². The molecule has 2 N–H and O–H groups in total. The van der Waals surface area contributed by atoms with Crippen LogP contribution < -0.4 is 5.73 Å². The Hall–Kier alpha value is -0.610. The third-order valence-corrected chi connectivity index (χ3v) is 5.15. The summed E-state index contributed by atoms with van der Waals surface area (Å²) in [6.07, 6.45) is 1.97. The van der Waals surface area contributed by atoms with Gasteiger partial charge in [-0.25, -0.2) is 8.78 Å². The Kier molecular flexibility index (Phi) is 3.46. The van der Waals surface area contributed by atoms with E-state index in [0.717, 1.165) is 18.6 Å². The number of halogens is 2. The molecule has 2 unspecified atom stereocenters. The van der Waals surface area contributed by atoms with E-state index >= 15 is 0 Å². The second-order valence-corrected chi connectivity index (χ2v) is 6.46. The minimum absolute atomic E-state index is 0.0434. The summed E-state index contributed by atoms with van der Waals surface area (Å²) in [5, 5.41) is 0. The molecular formula is C13H17F2NS. The SMILES string of the molecule is Cc1ccc(F)c(C(N)C2(C)CCCS2)c1F. The van der Waals surface area contributed by atoms with Gasteiger partial charge in [0.15, 0.2) is 0 Å². The van der Waals surface area contributed by atoms with Crippen molar-refractivity contribution in [2.45, 2.75) is 37.5 Å². The van der Waals surface area contributed by atoms with E-state index in [1.54, 1.807) is 18.7 Å². The van der Waals surface area contributed by atoms with Crippen LogP contribution >= 0.6 is 11.8 Å². The second-order valence-electron chi connectivity index (χ2n) is 4.83. The molecule has 0 aromatic heterocycles. The van der Waals surface area contributed by atoms with Crippen molar-refractivity contribution in [3.8, 4) is 0 Å². The highest BCUT2D eigenvalue weighted by Gasteiger charge is 2.39. The molecule has 4 heteroatoms. The lowest BCUT2D eigenvalue weighted by Gasteiger charge is -2.31. The fourth-order valence-corrected chi connectivity index (χ4v) is 3.66. The van der Waals surface area contributed by atoms with Crippen molar-refractivity contribution in [2.75, 3.05) is 5.75 Å². The van der Waals surface area contributed by atoms with E-state index in [4.69, 9.17) is 5.73 Å². The van der Waals surface area contributed by atoms with Crippen LogP contribution in [0.4, 0.5) is 8.78 Å². The topological polar surface area (TPSA) is 26.0 Å². The number of nitrogens with two attached hydrogens (primary N) is 1. The number of aryl methyl sites for hydroxylation is 1. The molecule has 17 heavy (non-hydrogen) atoms. The minimum atomic E-state index is -0.588. The van der Waals surface area contributed by atoms with Gasteiger partial charge in [-0.15, -0.1) is 0 Å². The number of hydrogen-bond acceptors (Lipinski definition) is 2. The maximum absolute atomic E-state index is 14.0. The summed E-state index contributed by atoms with van der Waals surface area (Å²) >= 11 is 1.71. The standard InChI is InChI=1S/C13H17F2NS/c1-8-4-5-9(14)10(11(8)15)12(16)13(2)6-3-7-17-13/h4-5,12H,3,6-7,16H2,1-2H3. The highest BCUT2D eigenvalue weighted by atomic mass is 32.2. The fourth-order valence-electron chi connectivity index (χ4n) is 2.31. The lowest BCUT2D eigenvalue weighted by Crippen LogP contribution is -2.34. The van der Waals surface area contributed by atoms with Crippen LogP contribution in [-0.4, -0.2) is 10.5 Å². The molecule has 1 fully saturated rings. The van der Waals surface area contributed by atoms with E-state index in [9.17, 15) is 8.78 Å². The van der Waals surface area contributed by atoms with Gasteiger partial charge in [-0.2, -0.15) is 11.8 Å². The molecule has 1 heterocycles. The zero-order chi connectivity index (χ0) is 12.6. The molecule has 2 rings (SSSR count). The first kappa shape index (κ1) is 12.8. The summed E-state index contributed by atoms with van der Waals surface area (Å²) < 4.78 is 27.5. The van der Waals surface area contributed by atoms with E-state index in [1.165, 1.54) is 12.1 Å². The Labute approximate surface area is 105 Å². The normalized spacial score (nSPS) is 26.2. The van der Waals surface area contributed by atoms with Crippen LogP contribution in [0.1, 0.15) is 36.9 Å². The third kappa shape index (κ3) is 2.20. The van der Waals surface area contributed by atoms with Crippen LogP contribution in [0, 0.1) is 18.6 Å². The maximum atomic E-state index is 14.0. The van der Waals surface area contributed by atoms with Gasteiger partial charge >= 0.3 is 0 Å². The zero-order valence-corrected chi connectivity index (χ0v) is 10.9. The van der Waals surface area contributed by atoms with Gasteiger partial charge in [0, 0.05) is 16.4 Å². The van der Waals surface area contributed by atoms with Gasteiger partial charge in [-0.3, -0.25) is 0 Å². The first-order chi connectivity index (χ1) is 7.96. The van der Waals surface area contributed by atoms with Crippen molar-refractivity contribution in [3.63, 3.8) is 0 Å². The summed E-state index contributed by atoms with van der Waals surface area (Å²) in [5.41, 5.74) is 6.60. The van der Waals surface area contributed by atoms with E-state index < -0.39 is 17.7 Å². The van der Waals surface area contributed by atoms with Crippen molar-refractivity contribution in [2.24, 2.45) is 5.73 Å². The van der Waals surface area contributed by atoms with Gasteiger partial charge in [0.2, 0.25) is 0 Å². The second kappa shape index (κ2) is 4.58. The van der Waals surface area contributed by atoms with Crippen molar-refractivity contribution < 1.29 is 8.78 Å². The molecule has 1 nitrogen and oxygen atoms in total. The molecule has 1 aliphatic heterocycles. The molecule has 2 atom stereocenters. The molecule has 0 amide bonds. The van der Waals surface area contributed by atoms with Crippen LogP contribution in [0.3, 0.4) is 0 Å². The largest absolute Gasteiger partial charge is 0.323 e. The van der Waals surface area contributed by atoms with Crippen LogP contribution in [0.15, 0.2) is 12.1 Å². The summed E-state index contributed by atoms with van der Waals surface area (Å²) in [4.78, 5) is 0. The van der Waals surface area contributed by atoms with Crippen LogP contribution in [0.5, 0.6) is 0 Å². The van der Waals surface area contributed by atoms with E-state index in [1.807, 2.05) is 6.92 Å². The van der Waals surface area contributed by atoms with E-state index in [2.05, 4.69) is 0 Å². The maximum Gasteiger partial charge on any atom is 0.133 e. The first-order valence-electron chi connectivity index (χ1n) is 5.80. The molecule has 1 saturated heterocycles. The molecular weight excluding hydrogens is 240 g/mol. The highest BCUT2D eigenvalue weighted by Crippen LogP contribution is 2.46. The predicted octanol–water partition coefficient (Wildman–Crippen LogP) is 3.56. The average Bonchev–Trinajstić information content (AvgIpc) is 2.72. The van der Waals surface area contributed by atoms with E-state index in [0.29, 0.717) is 5.56 Å². The van der Waals surface area contributed by atoms with Gasteiger partial charge < -0.3 is 5.73 Å². The number of hydrogen-bond donors (Lipinski definition) is 1. The minimum Gasteiger partial charge on any atom is -0.323 e. The zero-order valence-electron chi connectivity index (χ0n) is 10.1. The lowest BCUT2D eigenvalue weighted by atomic mass is 9.89. The van der Waals surface area contributed by atoms with Crippen molar-refractivity contribution >= 4 is 11.8 Å². The Morgan fingerprint density at radius 1 is 1.41 bits per heavy atom. The summed E-state index contributed by atoms with van der Waals surface area (Å²) in [6, 6.07) is 2.16. The molecule has 1 aliphatic rings. The molecule has 94 valence electrons. The average molecular weight is 257 g/mol. The molecule has 0 radical (unpaired) electrons. The van der Waals surface area contributed by atoms with Crippen LogP contribution in [0.25, 0.3) is 0 Å². The summed E-state index contributed by atoms with van der Waals surface area (Å²) in [6.45, 7) is 3.63. The Morgan fingerprint density at radius 3 is 2.71 bits per heavy atom. The quantitative estimate of drug-likeness (QED) is 0.876. The Morgan fingerprint density at radius 2 is 2.12 bits per heavy atom. The molecule has 1 aromatic carbocycles. The third-order valence-electron chi connectivity index (χ3n) is 3.54. The van der Waals surface area contributed by atoms with Crippen molar-refractivity contribution in [3.05, 3.63) is 34.9 Å². The van der Waals surface area contributed by atoms with Gasteiger partial charge in [0.25, 0.3) is 0 Å². The molecule has 0 saturated carbocycles. The van der Waals surface area contributed by atoms with Gasteiger partial charge in [-0.05, 0) is 44.1 Å². The number of rotatable bonds is 2. The van der Waals surface area contributed by atoms with Crippen molar-refractivity contribution in [1.29, 1.82) is 0 Å². The highest BCUT2D eigenvalue weighted by molar-refractivity contribution is 8.00. The van der Waals surface area contributed by atoms with Crippen LogP contribution in [-0.2, 0) is 0 Å². The van der Waals surface area contributed by atoms with E-state index in [-0.39, 0.29) is 10.3 Å².